The molecule has 0 atom stereocenters. The zero-order valence-electron chi connectivity index (χ0n) is 14.1. The quantitative estimate of drug-likeness (QED) is 0.358. The highest BCUT2D eigenvalue weighted by atomic mass is 31.2. The lowest BCUT2D eigenvalue weighted by Crippen LogP contribution is -2.32. The van der Waals surface area contributed by atoms with Crippen molar-refractivity contribution in [2.24, 2.45) is 0 Å². The van der Waals surface area contributed by atoms with Gasteiger partial charge in [0.2, 0.25) is 0 Å². The molecule has 0 aliphatic heterocycles. The summed E-state index contributed by atoms with van der Waals surface area (Å²) in [6.07, 6.45) is 1.05. The first kappa shape index (κ1) is 15.9. The molecule has 0 heterocycles. The van der Waals surface area contributed by atoms with Crippen LogP contribution in [0.5, 0.6) is 0 Å². The fraction of sp³-hybridized carbons (Fsp3) is 0.0417. The number of hydrogen-bond donors (Lipinski definition) is 0. The third-order valence-electron chi connectivity index (χ3n) is 4.74. The minimum absolute atomic E-state index is 1.05. The second-order valence-electron chi connectivity index (χ2n) is 6.27. The highest BCUT2D eigenvalue weighted by molar-refractivity contribution is 7.95. The average molecular weight is 340 g/mol. The van der Waals surface area contributed by atoms with E-state index in [4.69, 9.17) is 0 Å². The van der Waals surface area contributed by atoms with Gasteiger partial charge in [0.1, 0.15) is 23.2 Å². The maximum absolute atomic E-state index is 2.30. The Balaban J connectivity index is 2.01. The summed E-state index contributed by atoms with van der Waals surface area (Å²) in [6.45, 7) is 0. The van der Waals surface area contributed by atoms with E-state index >= 15 is 0 Å². The monoisotopic (exact) mass is 340 g/mol. The summed E-state index contributed by atoms with van der Waals surface area (Å²) in [6, 6.07) is 41.9. The van der Waals surface area contributed by atoms with Crippen molar-refractivity contribution >= 4 is 23.2 Å². The van der Waals surface area contributed by atoms with Gasteiger partial charge in [0, 0.05) is 0 Å². The van der Waals surface area contributed by atoms with Gasteiger partial charge in [-0.1, -0.05) is 54.6 Å². The van der Waals surface area contributed by atoms with Crippen LogP contribution in [-0.4, -0.2) is 0 Å². The van der Waals surface area contributed by atoms with Gasteiger partial charge >= 0.3 is 0 Å². The third-order valence-corrected chi connectivity index (χ3v) is 9.12. The Morgan fingerprint density at radius 3 is 1.20 bits per heavy atom. The van der Waals surface area contributed by atoms with Gasteiger partial charge in [0.25, 0.3) is 0 Å². The summed E-state index contributed by atoms with van der Waals surface area (Å²) in [4.78, 5) is 0. The summed E-state index contributed by atoms with van der Waals surface area (Å²) >= 11 is 0. The summed E-state index contributed by atoms with van der Waals surface area (Å²) in [7, 11) is -1.74. The van der Waals surface area contributed by atoms with Gasteiger partial charge in [0.15, 0.2) is 0 Å². The van der Waals surface area contributed by atoms with Crippen molar-refractivity contribution in [2.75, 3.05) is 0 Å². The number of hydrogen-bond acceptors (Lipinski definition) is 0. The van der Waals surface area contributed by atoms with E-state index in [9.17, 15) is 0 Å². The van der Waals surface area contributed by atoms with Crippen molar-refractivity contribution in [3.63, 3.8) is 0 Å². The molecule has 0 N–H and O–H groups in total. The highest BCUT2D eigenvalue weighted by Gasteiger charge is 2.43. The lowest BCUT2D eigenvalue weighted by Gasteiger charge is -2.29. The lowest BCUT2D eigenvalue weighted by molar-refractivity contribution is 1.43. The first-order chi connectivity index (χ1) is 12.4. The van der Waals surface area contributed by atoms with Crippen molar-refractivity contribution in [3.8, 4) is 0 Å². The molecule has 4 aromatic rings. The average Bonchev–Trinajstić information content (AvgIpc) is 3.21. The predicted octanol–water partition coefficient (Wildman–Crippen LogP) is 4.90. The van der Waals surface area contributed by atoms with Gasteiger partial charge < -0.3 is 0 Å². The van der Waals surface area contributed by atoms with Crippen molar-refractivity contribution < 1.29 is 0 Å². The van der Waals surface area contributed by atoms with Gasteiger partial charge in [0.05, 0.1) is 6.16 Å². The molecule has 0 aliphatic rings. The molecule has 0 spiro atoms. The second-order valence-corrected chi connectivity index (χ2v) is 9.75. The molecule has 0 saturated heterocycles. The standard InChI is InChI=1S/C24H21P/c1-4-14-22(15-5-1)25(20-21-12-10-11-13-21,23-16-6-2-7-17-23)24-18-8-3-9-19-24/h1-19H,20H2. The molecule has 0 aromatic heterocycles. The molecule has 0 radical (unpaired) electrons. The number of rotatable bonds is 5. The molecule has 0 unspecified atom stereocenters. The Morgan fingerprint density at radius 1 is 0.480 bits per heavy atom. The maximum atomic E-state index is 2.30. The van der Waals surface area contributed by atoms with Gasteiger partial charge in [-0.25, -0.2) is 12.1 Å². The van der Waals surface area contributed by atoms with E-state index in [0.717, 1.165) is 6.16 Å². The Labute approximate surface area is 150 Å². The summed E-state index contributed by atoms with van der Waals surface area (Å²) < 4.78 is 0. The molecular formula is C24H21P. The summed E-state index contributed by atoms with van der Waals surface area (Å²) in [5.41, 5.74) is 1.41. The fourth-order valence-electron chi connectivity index (χ4n) is 3.56. The SMILES string of the molecule is c1ccc([P+](C[c-]2cccc2)(c2ccccc2)c2ccccc2)cc1. The van der Waals surface area contributed by atoms with Gasteiger partial charge in [-0.05, 0) is 36.4 Å². The molecule has 0 aliphatic carbocycles. The molecule has 0 saturated carbocycles. The van der Waals surface area contributed by atoms with Crippen LogP contribution < -0.4 is 15.9 Å². The summed E-state index contributed by atoms with van der Waals surface area (Å²) in [5, 5.41) is 4.32. The van der Waals surface area contributed by atoms with Crippen LogP contribution in [0.2, 0.25) is 0 Å². The normalized spacial score (nSPS) is 11.4. The largest absolute Gasteiger partial charge is 0.213 e. The van der Waals surface area contributed by atoms with Crippen molar-refractivity contribution in [1.82, 2.24) is 0 Å². The molecule has 0 bridgehead atoms. The molecule has 4 rings (SSSR count). The van der Waals surface area contributed by atoms with E-state index < -0.39 is 7.26 Å². The van der Waals surface area contributed by atoms with Crippen molar-refractivity contribution in [2.45, 2.75) is 6.16 Å². The van der Waals surface area contributed by atoms with Gasteiger partial charge in [-0.15, -0.1) is 5.56 Å². The topological polar surface area (TPSA) is 0 Å². The van der Waals surface area contributed by atoms with Crippen LogP contribution >= 0.6 is 7.26 Å². The molecule has 122 valence electrons. The Morgan fingerprint density at radius 2 is 0.840 bits per heavy atom. The van der Waals surface area contributed by atoms with E-state index in [-0.39, 0.29) is 0 Å². The highest BCUT2D eigenvalue weighted by Crippen LogP contribution is 2.58. The minimum atomic E-state index is -1.74. The molecule has 4 aromatic carbocycles. The van der Waals surface area contributed by atoms with Crippen LogP contribution in [-0.2, 0) is 6.16 Å². The minimum Gasteiger partial charge on any atom is -0.213 e. The van der Waals surface area contributed by atoms with Crippen LogP contribution in [0.4, 0.5) is 0 Å². The van der Waals surface area contributed by atoms with Crippen molar-refractivity contribution in [3.05, 3.63) is 121 Å². The van der Waals surface area contributed by atoms with E-state index in [0.29, 0.717) is 0 Å². The van der Waals surface area contributed by atoms with Crippen LogP contribution in [0.15, 0.2) is 115 Å². The second kappa shape index (κ2) is 7.13. The molecule has 25 heavy (non-hydrogen) atoms. The van der Waals surface area contributed by atoms with E-state index in [1.807, 2.05) is 0 Å². The fourth-order valence-corrected chi connectivity index (χ4v) is 7.81. The molecule has 0 fully saturated rings. The van der Waals surface area contributed by atoms with E-state index in [1.54, 1.807) is 0 Å². The lowest BCUT2D eigenvalue weighted by atomic mass is 10.3. The Hall–Kier alpha value is -2.56. The predicted molar refractivity (Wildman–Crippen MR) is 111 cm³/mol. The van der Waals surface area contributed by atoms with Crippen LogP contribution in [0.25, 0.3) is 0 Å². The smallest absolute Gasteiger partial charge is 0.105 e. The zero-order chi connectivity index (χ0) is 17.0. The third kappa shape index (κ3) is 3.06. The molecular weight excluding hydrogens is 319 g/mol. The maximum Gasteiger partial charge on any atom is 0.105 e. The number of benzene rings is 3. The van der Waals surface area contributed by atoms with E-state index in [2.05, 4.69) is 115 Å². The van der Waals surface area contributed by atoms with Gasteiger partial charge in [-0.2, -0.15) is 12.1 Å². The van der Waals surface area contributed by atoms with Crippen molar-refractivity contribution in [1.29, 1.82) is 0 Å². The first-order valence-corrected chi connectivity index (χ1v) is 10.6. The van der Waals surface area contributed by atoms with E-state index in [1.165, 1.54) is 21.5 Å². The molecule has 0 nitrogen and oxygen atoms in total. The van der Waals surface area contributed by atoms with Crippen LogP contribution in [0.3, 0.4) is 0 Å². The first-order valence-electron chi connectivity index (χ1n) is 8.65. The Kier molecular flexibility index (Phi) is 4.55. The summed E-state index contributed by atoms with van der Waals surface area (Å²) in [5.74, 6) is 0. The Bertz CT molecular complexity index is 798. The molecule has 0 amide bonds. The van der Waals surface area contributed by atoms with Crippen LogP contribution in [0.1, 0.15) is 5.56 Å². The van der Waals surface area contributed by atoms with Gasteiger partial charge in [-0.3, -0.25) is 0 Å². The van der Waals surface area contributed by atoms with Crippen LogP contribution in [0, 0.1) is 0 Å². The zero-order valence-corrected chi connectivity index (χ0v) is 15.0. The molecule has 1 heteroatoms.